The predicted molar refractivity (Wildman–Crippen MR) is 275 cm³/mol. The van der Waals surface area contributed by atoms with Crippen LogP contribution in [0.3, 0.4) is 0 Å². The average molecular weight is 925 g/mol. The number of anilines is 6. The first-order chi connectivity index (χ1) is 33.5. The monoisotopic (exact) mass is 924 g/mol. The van der Waals surface area contributed by atoms with E-state index in [0.29, 0.717) is 17.5 Å². The number of fused-ring (bicyclic) bond motifs is 6. The number of nitrogen functional groups attached to an aromatic ring is 3. The number of carbonyl (C=O) groups excluding carboxylic acids is 3. The molecule has 9 N–H and O–H groups in total. The Labute approximate surface area is 401 Å². The van der Waals surface area contributed by atoms with Gasteiger partial charge in [-0.25, -0.2) is 4.68 Å². The summed E-state index contributed by atoms with van der Waals surface area (Å²) in [6.07, 6.45) is 19.8. The first-order valence-corrected chi connectivity index (χ1v) is 24.2. The molecule has 354 valence electrons. The number of para-hydroxylation sites is 3. The van der Waals surface area contributed by atoms with Gasteiger partial charge in [0.15, 0.2) is 5.82 Å². The number of nitrogens with zero attached hydrogens (tertiary/aromatic N) is 6. The zero-order chi connectivity index (χ0) is 47.9. The van der Waals surface area contributed by atoms with Gasteiger partial charge in [0, 0.05) is 53.4 Å². The molecule has 6 aliphatic rings. The van der Waals surface area contributed by atoms with E-state index in [4.69, 9.17) is 17.2 Å². The lowest BCUT2D eigenvalue weighted by atomic mass is 9.88. The molecule has 15 heteroatoms. The smallest absolute Gasteiger partial charge is 0.256 e. The van der Waals surface area contributed by atoms with Crippen molar-refractivity contribution >= 4 is 70.5 Å². The van der Waals surface area contributed by atoms with Crippen LogP contribution in [0.4, 0.5) is 34.5 Å². The van der Waals surface area contributed by atoms with Crippen LogP contribution in [0.2, 0.25) is 0 Å². The van der Waals surface area contributed by atoms with Crippen LogP contribution in [0, 0.1) is 20.8 Å². The number of hydrogen-bond acceptors (Lipinski definition) is 12. The fourth-order valence-electron chi connectivity index (χ4n) is 10.8. The Bertz CT molecular complexity index is 2960. The Morgan fingerprint density at radius 3 is 1.29 bits per heavy atom. The van der Waals surface area contributed by atoms with Crippen molar-refractivity contribution in [2.75, 3.05) is 52.8 Å². The number of hydrogen-bond donors (Lipinski definition) is 6. The molecule has 3 aromatic carbocycles. The molecule has 0 saturated heterocycles. The van der Waals surface area contributed by atoms with Crippen LogP contribution in [0.5, 0.6) is 0 Å². The average Bonchev–Trinajstić information content (AvgIpc) is 4.03. The lowest BCUT2D eigenvalue weighted by Crippen LogP contribution is -2.29. The molecule has 0 spiro atoms. The van der Waals surface area contributed by atoms with E-state index < -0.39 is 0 Å². The van der Waals surface area contributed by atoms with E-state index in [0.717, 1.165) is 156 Å². The summed E-state index contributed by atoms with van der Waals surface area (Å²) >= 11 is 0. The van der Waals surface area contributed by atoms with E-state index in [2.05, 4.69) is 88.4 Å². The number of benzene rings is 3. The summed E-state index contributed by atoms with van der Waals surface area (Å²) in [6.45, 7) is 8.56. The number of aryl methyl sites for hydroxylation is 5. The molecule has 3 aromatic heterocycles. The van der Waals surface area contributed by atoms with E-state index in [1.54, 1.807) is 4.68 Å². The SMILES string of the molecule is Cc1cccc2c1NCCC2C(=O)n1nc(N)c2c1CCC=C2.Cc1cccc2c1NCC[C@@H]2C(=O)n1nc2c(c1N)C=CCC2.Cc1cccc2c1NCC[C@H]2C(=O)n1nc2c(c1N)C=CCC2. The Balaban J connectivity index is 0.000000120. The van der Waals surface area contributed by atoms with Gasteiger partial charge in [0.2, 0.25) is 0 Å². The maximum Gasteiger partial charge on any atom is 0.256 e. The van der Waals surface area contributed by atoms with Crippen LogP contribution in [0.15, 0.2) is 72.8 Å². The molecule has 3 aliphatic heterocycles. The molecule has 1 unspecified atom stereocenters. The maximum atomic E-state index is 13.2. The molecular formula is C54H60N12O3. The summed E-state index contributed by atoms with van der Waals surface area (Å²) < 4.78 is 4.39. The molecule has 0 amide bonds. The van der Waals surface area contributed by atoms with Gasteiger partial charge >= 0.3 is 0 Å². The number of aromatic nitrogens is 6. The Kier molecular flexibility index (Phi) is 12.3. The van der Waals surface area contributed by atoms with Crippen LogP contribution in [0.1, 0.15) is 138 Å². The van der Waals surface area contributed by atoms with Crippen LogP contribution >= 0.6 is 0 Å². The molecule has 3 aliphatic carbocycles. The van der Waals surface area contributed by atoms with Gasteiger partial charge < -0.3 is 33.2 Å². The first-order valence-electron chi connectivity index (χ1n) is 24.2. The van der Waals surface area contributed by atoms with Crippen molar-refractivity contribution in [3.8, 4) is 0 Å². The number of nitrogens with one attached hydrogen (secondary N) is 3. The minimum absolute atomic E-state index is 0.0290. The van der Waals surface area contributed by atoms with Gasteiger partial charge in [-0.05, 0) is 112 Å². The normalized spacial score (nSPS) is 18.9. The number of carbonyl (C=O) groups is 3. The van der Waals surface area contributed by atoms with Gasteiger partial charge in [-0.15, -0.1) is 5.10 Å². The van der Waals surface area contributed by atoms with Gasteiger partial charge in [-0.1, -0.05) is 91.1 Å². The molecule has 15 nitrogen and oxygen atoms in total. The molecular weight excluding hydrogens is 865 g/mol. The first kappa shape index (κ1) is 45.1. The van der Waals surface area contributed by atoms with E-state index in [1.165, 1.54) is 14.9 Å². The second-order valence-electron chi connectivity index (χ2n) is 18.7. The fraction of sp³-hybridized carbons (Fsp3) is 0.333. The number of allylic oxidation sites excluding steroid dienone is 3. The van der Waals surface area contributed by atoms with Crippen molar-refractivity contribution in [3.63, 3.8) is 0 Å². The number of rotatable bonds is 3. The second-order valence-corrected chi connectivity index (χ2v) is 18.7. The van der Waals surface area contributed by atoms with Crippen molar-refractivity contribution in [1.29, 1.82) is 0 Å². The van der Waals surface area contributed by atoms with Crippen molar-refractivity contribution < 1.29 is 14.4 Å². The zero-order valence-electron chi connectivity index (χ0n) is 39.5. The van der Waals surface area contributed by atoms with Gasteiger partial charge in [0.1, 0.15) is 11.6 Å². The fourth-order valence-corrected chi connectivity index (χ4v) is 10.8. The highest BCUT2D eigenvalue weighted by molar-refractivity contribution is 5.93. The summed E-state index contributed by atoms with van der Waals surface area (Å²) in [7, 11) is 0. The topological polar surface area (TPSA) is 219 Å². The van der Waals surface area contributed by atoms with E-state index in [-0.39, 0.29) is 35.5 Å². The van der Waals surface area contributed by atoms with Crippen LogP contribution < -0.4 is 33.2 Å². The van der Waals surface area contributed by atoms with E-state index in [1.807, 2.05) is 54.6 Å². The molecule has 12 rings (SSSR count). The maximum absolute atomic E-state index is 13.2. The molecule has 0 saturated carbocycles. The third-order valence-electron chi connectivity index (χ3n) is 14.4. The third-order valence-corrected chi connectivity index (χ3v) is 14.4. The highest BCUT2D eigenvalue weighted by Gasteiger charge is 2.34. The van der Waals surface area contributed by atoms with Crippen molar-refractivity contribution in [3.05, 3.63) is 140 Å². The third kappa shape index (κ3) is 8.29. The Morgan fingerprint density at radius 2 is 0.884 bits per heavy atom. The summed E-state index contributed by atoms with van der Waals surface area (Å²) in [4.78, 5) is 39.3. The molecule has 6 aromatic rings. The number of nitrogens with two attached hydrogens (primary N) is 3. The lowest BCUT2D eigenvalue weighted by Gasteiger charge is -2.27. The molecule has 0 radical (unpaired) electrons. The minimum atomic E-state index is -0.196. The summed E-state index contributed by atoms with van der Waals surface area (Å²) in [5.74, 6) is 0.794. The second kappa shape index (κ2) is 18.8. The molecule has 0 bridgehead atoms. The zero-order valence-corrected chi connectivity index (χ0v) is 39.5. The Morgan fingerprint density at radius 1 is 0.507 bits per heavy atom. The molecule has 3 atom stereocenters. The standard InChI is InChI=1S/3C18H20N4O/c1-11-5-4-7-12-13(9-10-20-16(11)12)18(23)22-15-8-3-2-6-14(15)17(19)21-22;2*1-11-5-4-7-12-13(9-10-20-16(11)12)18(23)22-17(19)14-6-2-3-8-15(14)21-22/h2,4-7,13,20H,3,8-10H2,1H3,(H2,19,21);2*2,4-7,13,20H,3,8-10,19H2,1H3/t;2*13-/m.10/s1. The quantitative estimate of drug-likeness (QED) is 0.0980. The van der Waals surface area contributed by atoms with E-state index >= 15 is 0 Å². The Hall–Kier alpha value is -7.68. The van der Waals surface area contributed by atoms with Gasteiger partial charge in [0.05, 0.1) is 34.8 Å². The minimum Gasteiger partial charge on any atom is -0.385 e. The van der Waals surface area contributed by atoms with Gasteiger partial charge in [0.25, 0.3) is 17.7 Å². The van der Waals surface area contributed by atoms with Crippen LogP contribution in [0.25, 0.3) is 18.2 Å². The summed E-state index contributed by atoms with van der Waals surface area (Å²) in [6, 6.07) is 18.3. The molecule has 0 fully saturated rings. The van der Waals surface area contributed by atoms with E-state index in [9.17, 15) is 14.4 Å². The van der Waals surface area contributed by atoms with Crippen molar-refractivity contribution in [2.45, 2.75) is 96.3 Å². The summed E-state index contributed by atoms with van der Waals surface area (Å²) in [5, 5.41) is 23.5. The highest BCUT2D eigenvalue weighted by atomic mass is 16.2. The van der Waals surface area contributed by atoms with Crippen LogP contribution in [-0.2, 0) is 19.3 Å². The van der Waals surface area contributed by atoms with Crippen molar-refractivity contribution in [2.24, 2.45) is 0 Å². The molecule has 69 heavy (non-hydrogen) atoms. The summed E-state index contributed by atoms with van der Waals surface area (Å²) in [5.41, 5.74) is 33.8. The lowest BCUT2D eigenvalue weighted by molar-refractivity contribution is 0.0847. The van der Waals surface area contributed by atoms with Crippen LogP contribution in [-0.4, -0.2) is 66.7 Å². The van der Waals surface area contributed by atoms with Gasteiger partial charge in [-0.2, -0.15) is 19.6 Å². The van der Waals surface area contributed by atoms with Crippen molar-refractivity contribution in [1.82, 2.24) is 29.3 Å². The predicted octanol–water partition coefficient (Wildman–Crippen LogP) is 8.92. The highest BCUT2D eigenvalue weighted by Crippen LogP contribution is 2.39. The van der Waals surface area contributed by atoms with Gasteiger partial charge in [-0.3, -0.25) is 14.4 Å². The molecule has 6 heterocycles. The largest absolute Gasteiger partial charge is 0.385 e.